The molecule has 1 aliphatic heterocycles. The maximum atomic E-state index is 12.6. The Morgan fingerprint density at radius 2 is 1.96 bits per heavy atom. The Morgan fingerprint density at radius 3 is 2.74 bits per heavy atom. The quantitative estimate of drug-likeness (QED) is 0.729. The van der Waals surface area contributed by atoms with Gasteiger partial charge in [0, 0.05) is 6.54 Å². The van der Waals surface area contributed by atoms with Gasteiger partial charge in [0.25, 0.3) is 0 Å². The van der Waals surface area contributed by atoms with Gasteiger partial charge in [0.1, 0.15) is 14.5 Å². The molecular formula is C21H22BN3O2. The number of H-pyrrole nitrogens is 1. The lowest BCUT2D eigenvalue weighted by atomic mass is 9.95. The molecule has 136 valence electrons. The number of benzene rings is 2. The average Bonchev–Trinajstić information content (AvgIpc) is 3.37. The molecule has 1 aromatic heterocycles. The molecule has 2 heterocycles. The first-order chi connectivity index (χ1) is 13.2. The molecule has 1 atom stereocenters. The van der Waals surface area contributed by atoms with Gasteiger partial charge in [-0.3, -0.25) is 10.00 Å². The Balaban J connectivity index is 1.45. The van der Waals surface area contributed by atoms with Crippen LogP contribution in [0.25, 0.3) is 11.3 Å². The number of nitrogens with one attached hydrogen (secondary N) is 1. The molecule has 6 heteroatoms. The van der Waals surface area contributed by atoms with E-state index in [1.165, 1.54) is 5.46 Å². The summed E-state index contributed by atoms with van der Waals surface area (Å²) in [6.07, 6.45) is 1.58. The first-order valence-corrected chi connectivity index (χ1v) is 9.30. The summed E-state index contributed by atoms with van der Waals surface area (Å²) in [5, 5.41) is 7.58. The van der Waals surface area contributed by atoms with E-state index >= 15 is 0 Å². The maximum absolute atomic E-state index is 12.6. The molecule has 4 rings (SSSR count). The molecule has 2 aromatic carbocycles. The van der Waals surface area contributed by atoms with Crippen LogP contribution in [0, 0.1) is 0 Å². The first kappa shape index (κ1) is 17.4. The van der Waals surface area contributed by atoms with Gasteiger partial charge in [0.15, 0.2) is 0 Å². The molecule has 0 aliphatic carbocycles. The molecule has 1 amide bonds. The number of carbonyl (C=O) groups excluding carboxylic acids is 1. The molecule has 5 nitrogen and oxygen atoms in total. The monoisotopic (exact) mass is 359 g/mol. The van der Waals surface area contributed by atoms with Crippen LogP contribution in [-0.4, -0.2) is 35.6 Å². The highest BCUT2D eigenvalue weighted by Gasteiger charge is 2.32. The second-order valence-corrected chi connectivity index (χ2v) is 6.96. The number of aromatic nitrogens is 2. The lowest BCUT2D eigenvalue weighted by Crippen LogP contribution is -2.31. The van der Waals surface area contributed by atoms with Crippen molar-refractivity contribution in [3.63, 3.8) is 0 Å². The molecule has 0 radical (unpaired) electrons. The Hall–Kier alpha value is -3.02. The van der Waals surface area contributed by atoms with E-state index in [-0.39, 0.29) is 18.7 Å². The van der Waals surface area contributed by atoms with Crippen LogP contribution in [0.1, 0.15) is 30.1 Å². The van der Waals surface area contributed by atoms with E-state index in [4.69, 9.17) is 4.74 Å². The smallest absolute Gasteiger partial charge is 0.410 e. The van der Waals surface area contributed by atoms with E-state index in [0.717, 1.165) is 35.4 Å². The molecule has 0 spiro atoms. The lowest BCUT2D eigenvalue weighted by Gasteiger charge is -2.22. The summed E-state index contributed by atoms with van der Waals surface area (Å²) in [4.78, 5) is 14.4. The lowest BCUT2D eigenvalue weighted by molar-refractivity contribution is 0.0915. The van der Waals surface area contributed by atoms with Crippen molar-refractivity contribution in [1.29, 1.82) is 0 Å². The zero-order chi connectivity index (χ0) is 18.6. The Bertz CT molecular complexity index is 909. The molecule has 0 bridgehead atoms. The number of rotatable bonds is 4. The van der Waals surface area contributed by atoms with E-state index in [0.29, 0.717) is 6.54 Å². The number of hydrogen-bond acceptors (Lipinski definition) is 3. The molecule has 1 fully saturated rings. The number of carbonyl (C=O) groups is 1. The third-order valence-electron chi connectivity index (χ3n) is 4.99. The predicted molar refractivity (Wildman–Crippen MR) is 108 cm³/mol. The molecule has 0 saturated carbocycles. The Kier molecular flexibility index (Phi) is 4.96. The second kappa shape index (κ2) is 7.70. The number of likely N-dealkylation sites (tertiary alicyclic amines) is 1. The molecule has 3 aromatic rings. The summed E-state index contributed by atoms with van der Waals surface area (Å²) in [7, 11) is 2.07. The molecule has 1 N–H and O–H groups in total. The summed E-state index contributed by atoms with van der Waals surface area (Å²) < 4.78 is 5.52. The van der Waals surface area contributed by atoms with Crippen LogP contribution in [0.5, 0.6) is 0 Å². The topological polar surface area (TPSA) is 58.2 Å². The van der Waals surface area contributed by atoms with Gasteiger partial charge in [0.2, 0.25) is 0 Å². The maximum Gasteiger partial charge on any atom is 0.410 e. The van der Waals surface area contributed by atoms with Crippen molar-refractivity contribution < 1.29 is 9.53 Å². The van der Waals surface area contributed by atoms with Crippen LogP contribution >= 0.6 is 0 Å². The van der Waals surface area contributed by atoms with E-state index < -0.39 is 0 Å². The summed E-state index contributed by atoms with van der Waals surface area (Å²) in [6, 6.07) is 20.1. The van der Waals surface area contributed by atoms with Crippen molar-refractivity contribution in [2.24, 2.45) is 0 Å². The zero-order valence-corrected chi connectivity index (χ0v) is 15.4. The number of ether oxygens (including phenoxy) is 1. The van der Waals surface area contributed by atoms with Gasteiger partial charge >= 0.3 is 6.09 Å². The van der Waals surface area contributed by atoms with Gasteiger partial charge in [-0.15, -0.1) is 0 Å². The highest BCUT2D eigenvalue weighted by molar-refractivity contribution is 6.32. The van der Waals surface area contributed by atoms with Crippen LogP contribution < -0.4 is 5.46 Å². The van der Waals surface area contributed by atoms with Crippen molar-refractivity contribution in [2.45, 2.75) is 25.5 Å². The average molecular weight is 359 g/mol. The van der Waals surface area contributed by atoms with Crippen molar-refractivity contribution >= 4 is 19.4 Å². The van der Waals surface area contributed by atoms with E-state index in [1.54, 1.807) is 4.90 Å². The normalized spacial score (nSPS) is 16.4. The van der Waals surface area contributed by atoms with Crippen molar-refractivity contribution in [1.82, 2.24) is 15.1 Å². The highest BCUT2D eigenvalue weighted by atomic mass is 16.6. The SMILES string of the molecule is Bc1ccc(-c2cc([C@@H]3CCCN3C(=O)OCc3ccccc3)n[nH]2)cc1. The minimum absolute atomic E-state index is 0.0382. The number of nitrogens with zero attached hydrogens (tertiary/aromatic N) is 2. The minimum atomic E-state index is -0.277. The molecule has 1 saturated heterocycles. The van der Waals surface area contributed by atoms with Crippen LogP contribution in [0.2, 0.25) is 0 Å². The third-order valence-corrected chi connectivity index (χ3v) is 4.99. The van der Waals surface area contributed by atoms with Crippen LogP contribution in [0.15, 0.2) is 60.7 Å². The summed E-state index contributed by atoms with van der Waals surface area (Å²) >= 11 is 0. The number of amides is 1. The van der Waals surface area contributed by atoms with Gasteiger partial charge in [-0.1, -0.05) is 60.1 Å². The number of aromatic amines is 1. The molecule has 0 unspecified atom stereocenters. The van der Waals surface area contributed by atoms with Crippen LogP contribution in [0.3, 0.4) is 0 Å². The van der Waals surface area contributed by atoms with Gasteiger partial charge in [0.05, 0.1) is 17.4 Å². The van der Waals surface area contributed by atoms with E-state index in [2.05, 4.69) is 42.3 Å². The van der Waals surface area contributed by atoms with Crippen molar-refractivity contribution in [2.75, 3.05) is 6.54 Å². The first-order valence-electron chi connectivity index (χ1n) is 9.30. The largest absolute Gasteiger partial charge is 0.445 e. The fraction of sp³-hybridized carbons (Fsp3) is 0.238. The standard InChI is InChI=1S/C21H22BN3O2/c22-17-10-8-16(9-11-17)18-13-19(24-23-18)20-7-4-12-25(20)21(26)27-14-15-5-2-1-3-6-15/h1-3,5-6,8-11,13,20H,4,7,12,14,22H2,(H,23,24)/t20-/m0/s1. The number of hydrogen-bond donors (Lipinski definition) is 1. The molecular weight excluding hydrogens is 337 g/mol. The highest BCUT2D eigenvalue weighted by Crippen LogP contribution is 2.33. The van der Waals surface area contributed by atoms with E-state index in [1.807, 2.05) is 36.4 Å². The minimum Gasteiger partial charge on any atom is -0.445 e. The van der Waals surface area contributed by atoms with Gasteiger partial charge in [-0.05, 0) is 30.0 Å². The summed E-state index contributed by atoms with van der Waals surface area (Å²) in [6.45, 7) is 0.989. The van der Waals surface area contributed by atoms with Gasteiger partial charge in [-0.2, -0.15) is 5.10 Å². The van der Waals surface area contributed by atoms with Crippen LogP contribution in [-0.2, 0) is 11.3 Å². The third kappa shape index (κ3) is 3.89. The summed E-state index contributed by atoms with van der Waals surface area (Å²) in [5.41, 5.74) is 5.16. The Labute approximate surface area is 159 Å². The van der Waals surface area contributed by atoms with Crippen LogP contribution in [0.4, 0.5) is 4.79 Å². The Morgan fingerprint density at radius 1 is 1.19 bits per heavy atom. The zero-order valence-electron chi connectivity index (χ0n) is 15.4. The molecule has 1 aliphatic rings. The van der Waals surface area contributed by atoms with Gasteiger partial charge < -0.3 is 4.74 Å². The van der Waals surface area contributed by atoms with Crippen molar-refractivity contribution in [3.8, 4) is 11.3 Å². The fourth-order valence-electron chi connectivity index (χ4n) is 3.48. The fourth-order valence-corrected chi connectivity index (χ4v) is 3.48. The summed E-state index contributed by atoms with van der Waals surface area (Å²) in [5.74, 6) is 0. The molecule has 27 heavy (non-hydrogen) atoms. The second-order valence-electron chi connectivity index (χ2n) is 6.96. The predicted octanol–water partition coefficient (Wildman–Crippen LogP) is 2.81. The van der Waals surface area contributed by atoms with E-state index in [9.17, 15) is 4.79 Å². The van der Waals surface area contributed by atoms with Crippen molar-refractivity contribution in [3.05, 3.63) is 71.9 Å². The van der Waals surface area contributed by atoms with Gasteiger partial charge in [-0.25, -0.2) is 4.79 Å².